The lowest BCUT2D eigenvalue weighted by Crippen LogP contribution is -2.38. The summed E-state index contributed by atoms with van der Waals surface area (Å²) in [4.78, 5) is 33.3. The fourth-order valence-electron chi connectivity index (χ4n) is 1.45. The average Bonchev–Trinajstić information content (AvgIpc) is 2.45. The van der Waals surface area contributed by atoms with Crippen LogP contribution in [0.5, 0.6) is 0 Å². The second-order valence-corrected chi connectivity index (χ2v) is 4.30. The SMILES string of the molecule is COCCNC(=O)CNC(=O)c1cccc([N+](=O)[O-])c1Cl. The molecule has 9 heteroatoms. The fourth-order valence-corrected chi connectivity index (χ4v) is 1.73. The minimum atomic E-state index is -0.684. The van der Waals surface area contributed by atoms with Gasteiger partial charge in [0.05, 0.1) is 23.6 Å². The van der Waals surface area contributed by atoms with Gasteiger partial charge in [-0.05, 0) is 6.07 Å². The van der Waals surface area contributed by atoms with E-state index in [9.17, 15) is 19.7 Å². The first kappa shape index (κ1) is 16.9. The van der Waals surface area contributed by atoms with Gasteiger partial charge in [0.2, 0.25) is 5.91 Å². The molecule has 0 saturated carbocycles. The highest BCUT2D eigenvalue weighted by Gasteiger charge is 2.20. The van der Waals surface area contributed by atoms with E-state index >= 15 is 0 Å². The van der Waals surface area contributed by atoms with Crippen LogP contribution in [0.3, 0.4) is 0 Å². The third kappa shape index (κ3) is 5.01. The first-order valence-corrected chi connectivity index (χ1v) is 6.32. The molecule has 0 aliphatic rings. The summed E-state index contributed by atoms with van der Waals surface area (Å²) in [6, 6.07) is 3.88. The van der Waals surface area contributed by atoms with Gasteiger partial charge >= 0.3 is 0 Å². The quantitative estimate of drug-likeness (QED) is 0.438. The van der Waals surface area contributed by atoms with E-state index < -0.39 is 16.7 Å². The van der Waals surface area contributed by atoms with E-state index in [-0.39, 0.29) is 22.8 Å². The van der Waals surface area contributed by atoms with Crippen LogP contribution in [0.25, 0.3) is 0 Å². The summed E-state index contributed by atoms with van der Waals surface area (Å²) in [6.45, 7) is 0.417. The number of nitrogens with zero attached hydrogens (tertiary/aromatic N) is 1. The van der Waals surface area contributed by atoms with E-state index in [1.807, 2.05) is 0 Å². The van der Waals surface area contributed by atoms with E-state index in [0.29, 0.717) is 13.2 Å². The molecule has 0 spiro atoms. The molecule has 21 heavy (non-hydrogen) atoms. The van der Waals surface area contributed by atoms with Crippen molar-refractivity contribution in [2.45, 2.75) is 0 Å². The number of halogens is 1. The number of carbonyl (C=O) groups excluding carboxylic acids is 2. The lowest BCUT2D eigenvalue weighted by molar-refractivity contribution is -0.384. The molecule has 0 heterocycles. The van der Waals surface area contributed by atoms with Gasteiger partial charge in [0, 0.05) is 19.7 Å². The number of carbonyl (C=O) groups is 2. The zero-order valence-corrected chi connectivity index (χ0v) is 12.0. The van der Waals surface area contributed by atoms with Crippen molar-refractivity contribution in [1.29, 1.82) is 0 Å². The van der Waals surface area contributed by atoms with E-state index in [2.05, 4.69) is 10.6 Å². The summed E-state index contributed by atoms with van der Waals surface area (Å²) in [5.74, 6) is -1.06. The van der Waals surface area contributed by atoms with E-state index in [0.717, 1.165) is 0 Å². The number of rotatable bonds is 7. The Labute approximate surface area is 125 Å². The number of amides is 2. The van der Waals surface area contributed by atoms with Crippen molar-refractivity contribution >= 4 is 29.1 Å². The van der Waals surface area contributed by atoms with Gasteiger partial charge in [-0.3, -0.25) is 19.7 Å². The summed E-state index contributed by atoms with van der Waals surface area (Å²) >= 11 is 5.80. The second kappa shape index (κ2) is 8.18. The Morgan fingerprint density at radius 1 is 1.38 bits per heavy atom. The van der Waals surface area contributed by atoms with Crippen LogP contribution in [0, 0.1) is 10.1 Å². The number of benzene rings is 1. The van der Waals surface area contributed by atoms with Gasteiger partial charge in [-0.25, -0.2) is 0 Å². The summed E-state index contributed by atoms with van der Waals surface area (Å²) in [6.07, 6.45) is 0. The van der Waals surface area contributed by atoms with Crippen LogP contribution in [0.15, 0.2) is 18.2 Å². The largest absolute Gasteiger partial charge is 0.383 e. The smallest absolute Gasteiger partial charge is 0.288 e. The van der Waals surface area contributed by atoms with Crippen LogP contribution >= 0.6 is 11.6 Å². The Morgan fingerprint density at radius 3 is 2.71 bits per heavy atom. The Balaban J connectivity index is 2.62. The summed E-state index contributed by atoms with van der Waals surface area (Å²) in [7, 11) is 1.50. The topological polar surface area (TPSA) is 111 Å². The molecule has 0 aliphatic carbocycles. The van der Waals surface area contributed by atoms with Crippen LogP contribution in [-0.4, -0.2) is 43.5 Å². The molecule has 0 fully saturated rings. The molecule has 0 radical (unpaired) electrons. The van der Waals surface area contributed by atoms with Crippen LogP contribution in [0.1, 0.15) is 10.4 Å². The molecule has 2 N–H and O–H groups in total. The minimum absolute atomic E-state index is 0.0597. The molecule has 0 bridgehead atoms. The maximum absolute atomic E-state index is 11.9. The maximum Gasteiger partial charge on any atom is 0.288 e. The Kier molecular flexibility index (Phi) is 6.57. The molecule has 114 valence electrons. The van der Waals surface area contributed by atoms with Gasteiger partial charge < -0.3 is 15.4 Å². The van der Waals surface area contributed by atoms with Crippen molar-refractivity contribution in [2.75, 3.05) is 26.8 Å². The molecular formula is C12H14ClN3O5. The maximum atomic E-state index is 11.9. The molecule has 1 rings (SSSR count). The number of nitro benzene ring substituents is 1. The van der Waals surface area contributed by atoms with Crippen molar-refractivity contribution in [3.05, 3.63) is 38.9 Å². The monoisotopic (exact) mass is 315 g/mol. The zero-order chi connectivity index (χ0) is 15.8. The minimum Gasteiger partial charge on any atom is -0.383 e. The van der Waals surface area contributed by atoms with Crippen molar-refractivity contribution in [3.8, 4) is 0 Å². The third-order valence-electron chi connectivity index (χ3n) is 2.46. The van der Waals surface area contributed by atoms with Gasteiger partial charge in [0.25, 0.3) is 11.6 Å². The number of nitro groups is 1. The highest BCUT2D eigenvalue weighted by atomic mass is 35.5. The van der Waals surface area contributed by atoms with Crippen LogP contribution in [0.4, 0.5) is 5.69 Å². The van der Waals surface area contributed by atoms with Crippen LogP contribution in [-0.2, 0) is 9.53 Å². The normalized spacial score (nSPS) is 10.0. The number of nitrogens with one attached hydrogen (secondary N) is 2. The predicted molar refractivity (Wildman–Crippen MR) is 75.3 cm³/mol. The molecule has 0 aromatic heterocycles. The highest BCUT2D eigenvalue weighted by Crippen LogP contribution is 2.27. The van der Waals surface area contributed by atoms with E-state index in [4.69, 9.17) is 16.3 Å². The summed E-state index contributed by atoms with van der Waals surface area (Å²) in [5, 5.41) is 15.3. The second-order valence-electron chi connectivity index (χ2n) is 3.92. The van der Waals surface area contributed by atoms with Crippen LogP contribution < -0.4 is 10.6 Å². The molecule has 1 aromatic rings. The van der Waals surface area contributed by atoms with Gasteiger partial charge in [0.1, 0.15) is 5.02 Å². The lowest BCUT2D eigenvalue weighted by Gasteiger charge is -2.07. The molecule has 1 aromatic carbocycles. The zero-order valence-electron chi connectivity index (χ0n) is 11.2. The number of ether oxygens (including phenoxy) is 1. The van der Waals surface area contributed by atoms with Crippen molar-refractivity contribution < 1.29 is 19.2 Å². The Hall–Kier alpha value is -2.19. The predicted octanol–water partition coefficient (Wildman–Crippen LogP) is 0.741. The van der Waals surface area contributed by atoms with Crippen molar-refractivity contribution in [1.82, 2.24) is 10.6 Å². The average molecular weight is 316 g/mol. The van der Waals surface area contributed by atoms with Gasteiger partial charge in [-0.1, -0.05) is 17.7 Å². The molecular weight excluding hydrogens is 302 g/mol. The Bertz CT molecular complexity index is 550. The first-order valence-electron chi connectivity index (χ1n) is 5.94. The third-order valence-corrected chi connectivity index (χ3v) is 2.85. The molecule has 0 saturated heterocycles. The fraction of sp³-hybridized carbons (Fsp3) is 0.333. The van der Waals surface area contributed by atoms with Crippen molar-refractivity contribution in [2.24, 2.45) is 0 Å². The first-order chi connectivity index (χ1) is 9.97. The number of hydrogen-bond donors (Lipinski definition) is 2. The highest BCUT2D eigenvalue weighted by molar-refractivity contribution is 6.35. The van der Waals surface area contributed by atoms with Crippen LogP contribution in [0.2, 0.25) is 5.02 Å². The molecule has 0 atom stereocenters. The van der Waals surface area contributed by atoms with Gasteiger partial charge in [-0.15, -0.1) is 0 Å². The standard InChI is InChI=1S/C12H14ClN3O5/c1-21-6-5-14-10(17)7-15-12(18)8-3-2-4-9(11(8)13)16(19)20/h2-4H,5-7H2,1H3,(H,14,17)(H,15,18). The number of methoxy groups -OCH3 is 1. The molecule has 0 aliphatic heterocycles. The Morgan fingerprint density at radius 2 is 2.10 bits per heavy atom. The van der Waals surface area contributed by atoms with Crippen molar-refractivity contribution in [3.63, 3.8) is 0 Å². The number of hydrogen-bond acceptors (Lipinski definition) is 5. The molecule has 8 nitrogen and oxygen atoms in total. The summed E-state index contributed by atoms with van der Waals surface area (Å²) < 4.78 is 4.76. The molecule has 2 amide bonds. The molecule has 0 unspecified atom stereocenters. The van der Waals surface area contributed by atoms with E-state index in [1.165, 1.54) is 25.3 Å². The van der Waals surface area contributed by atoms with E-state index in [1.54, 1.807) is 0 Å². The summed E-state index contributed by atoms with van der Waals surface area (Å²) in [5.41, 5.74) is -0.426. The lowest BCUT2D eigenvalue weighted by atomic mass is 10.2. The van der Waals surface area contributed by atoms with Gasteiger partial charge in [-0.2, -0.15) is 0 Å². The van der Waals surface area contributed by atoms with Gasteiger partial charge in [0.15, 0.2) is 0 Å².